The third-order valence-electron chi connectivity index (χ3n) is 10.5. The molecule has 6 rings (SSSR count). The van der Waals surface area contributed by atoms with Gasteiger partial charge in [-0.2, -0.15) is 0 Å². The lowest BCUT2D eigenvalue weighted by molar-refractivity contribution is -0.136. The van der Waals surface area contributed by atoms with Crippen LogP contribution < -0.4 is 20.7 Å². The van der Waals surface area contributed by atoms with E-state index < -0.39 is 17.7 Å². The van der Waals surface area contributed by atoms with Crippen LogP contribution in [0.3, 0.4) is 0 Å². The van der Waals surface area contributed by atoms with Crippen LogP contribution in [0.4, 0.5) is 16.2 Å². The zero-order valence-corrected chi connectivity index (χ0v) is 39.8. The number of benzene rings is 2. The number of piperazine rings is 2. The van der Waals surface area contributed by atoms with Crippen molar-refractivity contribution in [1.82, 2.24) is 30.6 Å². The van der Waals surface area contributed by atoms with Gasteiger partial charge in [-0.15, -0.1) is 0 Å². The van der Waals surface area contributed by atoms with Crippen molar-refractivity contribution in [1.29, 1.82) is 0 Å². The molecule has 0 aliphatic carbocycles. The molecule has 2 fully saturated rings. The van der Waals surface area contributed by atoms with Crippen LogP contribution in [-0.2, 0) is 62.4 Å². The molecular formula is C48H63IN8O7. The second-order valence-corrected chi connectivity index (χ2v) is 16.6. The van der Waals surface area contributed by atoms with Gasteiger partial charge in [-0.3, -0.25) is 34.6 Å². The summed E-state index contributed by atoms with van der Waals surface area (Å²) in [7, 11) is 0. The van der Waals surface area contributed by atoms with E-state index in [4.69, 9.17) is 11.2 Å². The van der Waals surface area contributed by atoms with Crippen LogP contribution in [0, 0.1) is 0 Å². The number of aryl methyl sites for hydroxylation is 4. The van der Waals surface area contributed by atoms with E-state index in [9.17, 15) is 24.0 Å². The highest BCUT2D eigenvalue weighted by atomic mass is 127. The minimum Gasteiger partial charge on any atom is -0.481 e. The second-order valence-electron chi connectivity index (χ2n) is 16.6. The summed E-state index contributed by atoms with van der Waals surface area (Å²) in [6.07, 6.45) is 6.54. The van der Waals surface area contributed by atoms with Crippen molar-refractivity contribution in [2.45, 2.75) is 78.7 Å². The van der Waals surface area contributed by atoms with Gasteiger partial charge in [-0.05, 0) is 97.9 Å². The largest absolute Gasteiger partial charge is 0.481 e. The number of aliphatic carboxylic acids is 1. The second kappa shape index (κ2) is 25.5. The van der Waals surface area contributed by atoms with E-state index in [-0.39, 0.29) is 30.6 Å². The Morgan fingerprint density at radius 3 is 1.45 bits per heavy atom. The highest BCUT2D eigenvalue weighted by Crippen LogP contribution is 2.19. The summed E-state index contributed by atoms with van der Waals surface area (Å²) in [5.74, 6) is -0.876. The van der Waals surface area contributed by atoms with Crippen molar-refractivity contribution in [3.63, 3.8) is 0 Å². The number of hydrogen-bond donors (Lipinski definition) is 3. The van der Waals surface area contributed by atoms with Crippen molar-refractivity contribution < 1.29 is 35.2 Å². The first-order valence-electron chi connectivity index (χ1n) is 22.1. The molecule has 0 radical (unpaired) electrons. The Morgan fingerprint density at radius 1 is 0.656 bits per heavy atom. The molecule has 2 aromatic carbocycles. The smallest absolute Gasteiger partial charge is 0.426 e. The van der Waals surface area contributed by atoms with Crippen LogP contribution in [0.1, 0.15) is 69.6 Å². The molecule has 2 aromatic heterocycles. The van der Waals surface area contributed by atoms with Crippen LogP contribution >= 0.6 is 22.6 Å². The molecule has 0 spiro atoms. The number of aromatic nitrogens is 2. The number of nitrogens with zero attached hydrogens (tertiary/aromatic N) is 6. The van der Waals surface area contributed by atoms with Crippen LogP contribution in [-0.4, -0.2) is 118 Å². The number of hydrogen-bond acceptors (Lipinski definition) is 10. The van der Waals surface area contributed by atoms with Gasteiger partial charge in [0.05, 0.1) is 36.6 Å². The molecule has 64 heavy (non-hydrogen) atoms. The molecule has 3 N–H and O–H groups in total. The van der Waals surface area contributed by atoms with Crippen molar-refractivity contribution in [3.05, 3.63) is 119 Å². The minimum atomic E-state index is -0.812. The zero-order valence-electron chi connectivity index (χ0n) is 38.6. The molecule has 16 heteroatoms. The average molecular weight is 992 g/mol. The van der Waals surface area contributed by atoms with Crippen molar-refractivity contribution in [2.75, 3.05) is 67.1 Å². The van der Waals surface area contributed by atoms with Gasteiger partial charge < -0.3 is 29.4 Å². The van der Waals surface area contributed by atoms with E-state index in [1.807, 2.05) is 105 Å². The van der Waals surface area contributed by atoms with Gasteiger partial charge in [-0.1, -0.05) is 71.1 Å². The Hall–Kier alpha value is -5.78. The molecule has 344 valence electrons. The molecule has 4 amide bonds. The summed E-state index contributed by atoms with van der Waals surface area (Å²) in [5.41, 5.74) is 12.1. The summed E-state index contributed by atoms with van der Waals surface area (Å²) < 4.78 is 11.3. The summed E-state index contributed by atoms with van der Waals surface area (Å²) in [6.45, 7) is 14.8. The van der Waals surface area contributed by atoms with E-state index in [1.54, 1.807) is 34.6 Å². The SMILES string of the molecule is CC(=O)N1CCN(c2ccc(CCc3cccc(CC(=O)NNC(=O)OC(C)(C)C)c3)nc2)CC1.CC(=O)N1CCN(c2ccc(CCc3cccc(CC(=O)O)c3)nc2)CC1.[2H]CI. The molecule has 2 saturated heterocycles. The van der Waals surface area contributed by atoms with Gasteiger partial charge in [0.1, 0.15) is 5.60 Å². The maximum atomic E-state index is 12.2. The zero-order chi connectivity index (χ0) is 47.4. The van der Waals surface area contributed by atoms with Gasteiger partial charge in [0.2, 0.25) is 17.7 Å². The molecule has 2 aliphatic heterocycles. The third kappa shape index (κ3) is 17.8. The molecule has 0 unspecified atom stereocenters. The quantitative estimate of drug-likeness (QED) is 0.0883. The highest BCUT2D eigenvalue weighted by molar-refractivity contribution is 14.1. The van der Waals surface area contributed by atoms with Crippen LogP contribution in [0.5, 0.6) is 0 Å². The summed E-state index contributed by atoms with van der Waals surface area (Å²) in [4.78, 5) is 75.5. The predicted octanol–water partition coefficient (Wildman–Crippen LogP) is 5.85. The lowest BCUT2D eigenvalue weighted by Gasteiger charge is -2.35. The molecule has 0 saturated carbocycles. The maximum absolute atomic E-state index is 12.2. The van der Waals surface area contributed by atoms with Crippen LogP contribution in [0.25, 0.3) is 0 Å². The fourth-order valence-corrected chi connectivity index (χ4v) is 7.23. The van der Waals surface area contributed by atoms with E-state index in [0.717, 1.165) is 123 Å². The van der Waals surface area contributed by atoms with Crippen LogP contribution in [0.2, 0.25) is 0 Å². The molecule has 4 heterocycles. The number of nitrogens with one attached hydrogen (secondary N) is 2. The molecule has 15 nitrogen and oxygen atoms in total. The number of anilines is 2. The Kier molecular flexibility index (Phi) is 19.6. The van der Waals surface area contributed by atoms with Gasteiger partial charge in [0, 0.05) is 79.0 Å². The summed E-state index contributed by atoms with van der Waals surface area (Å²) >= 11 is 1.96. The number of carboxylic acid groups (broad SMARTS) is 1. The lowest BCUT2D eigenvalue weighted by atomic mass is 10.0. The predicted molar refractivity (Wildman–Crippen MR) is 258 cm³/mol. The monoisotopic (exact) mass is 991 g/mol. The fraction of sp³-hybridized carbons (Fsp3) is 0.438. The number of hydrazine groups is 1. The maximum Gasteiger partial charge on any atom is 0.426 e. The van der Waals surface area contributed by atoms with Crippen LogP contribution in [0.15, 0.2) is 85.2 Å². The van der Waals surface area contributed by atoms with E-state index in [2.05, 4.69) is 42.8 Å². The number of amides is 4. The van der Waals surface area contributed by atoms with Gasteiger partial charge in [0.15, 0.2) is 0 Å². The summed E-state index contributed by atoms with van der Waals surface area (Å²) in [6, 6.07) is 23.8. The number of pyridine rings is 2. The molecule has 2 aliphatic rings. The van der Waals surface area contributed by atoms with E-state index >= 15 is 0 Å². The van der Waals surface area contributed by atoms with Gasteiger partial charge >= 0.3 is 12.1 Å². The van der Waals surface area contributed by atoms with Gasteiger partial charge in [0.25, 0.3) is 0 Å². The average Bonchev–Trinajstić information content (AvgIpc) is 3.27. The van der Waals surface area contributed by atoms with E-state index in [0.29, 0.717) is 4.91 Å². The number of halogens is 1. The Balaban J connectivity index is 0.000000276. The topological polar surface area (TPSA) is 178 Å². The van der Waals surface area contributed by atoms with Crippen molar-refractivity contribution in [3.8, 4) is 0 Å². The molecule has 0 bridgehead atoms. The molecular weight excluding hydrogens is 927 g/mol. The first-order valence-corrected chi connectivity index (χ1v) is 23.0. The Labute approximate surface area is 392 Å². The number of rotatable bonds is 12. The first-order chi connectivity index (χ1) is 31.0. The number of alkyl halides is 1. The first kappa shape index (κ1) is 49.2. The number of ether oxygens (including phenoxy) is 1. The van der Waals surface area contributed by atoms with Crippen molar-refractivity contribution >= 4 is 63.7 Å². The molecule has 0 atom stereocenters. The van der Waals surface area contributed by atoms with Gasteiger partial charge in [-0.25, -0.2) is 10.2 Å². The Morgan fingerprint density at radius 2 is 1.08 bits per heavy atom. The minimum absolute atomic E-state index is 0.0533. The summed E-state index contributed by atoms with van der Waals surface area (Å²) in [5, 5.41) is 8.91. The van der Waals surface area contributed by atoms with Crippen molar-refractivity contribution in [2.24, 2.45) is 0 Å². The highest BCUT2D eigenvalue weighted by Gasteiger charge is 2.21. The fourth-order valence-electron chi connectivity index (χ4n) is 7.23. The normalized spacial score (nSPS) is 13.9. The Bertz CT molecular complexity index is 2160. The number of carboxylic acids is 1. The molecule has 4 aromatic rings. The lowest BCUT2D eigenvalue weighted by Crippen LogP contribution is -2.48. The number of carbonyl (C=O) groups excluding carboxylic acids is 4. The third-order valence-corrected chi connectivity index (χ3v) is 10.5. The number of carbonyl (C=O) groups is 5. The standard InChI is InChI=1S/C26H35N5O4.C21H25N3O3.CH3I/c1-19(32)30-12-14-31(15-13-30)23-11-10-22(27-18-23)9-8-20-6-5-7-21(16-20)17-24(33)28-29-25(34)35-26(2,3)4;1-16(25)23-9-11-24(12-10-23)20-8-7-19(22-15-20)6-5-17-3-2-4-18(13-17)14-21(26)27;1-2/h5-7,10-11,16,18H,8-9,12-15,17H2,1-4H3,(H,28,33)(H,29,34);2-4,7-8,13,15H,5-6,9-12,14H2,1H3,(H,26,27);1H3/i;;1D. The van der Waals surface area contributed by atoms with E-state index in [1.165, 1.54) is 0 Å².